The molecule has 2 N–H and O–H groups in total. The van der Waals surface area contributed by atoms with E-state index in [4.69, 9.17) is 33.1 Å². The van der Waals surface area contributed by atoms with Gasteiger partial charge in [-0.25, -0.2) is 18.5 Å². The summed E-state index contributed by atoms with van der Waals surface area (Å²) in [5.74, 6) is 0.318. The van der Waals surface area contributed by atoms with Gasteiger partial charge in [0.15, 0.2) is 5.75 Å². The van der Waals surface area contributed by atoms with E-state index in [1.54, 1.807) is 6.92 Å². The lowest BCUT2D eigenvalue weighted by Gasteiger charge is -2.07. The Balaban J connectivity index is 2.74. The van der Waals surface area contributed by atoms with Gasteiger partial charge in [0.1, 0.15) is 5.02 Å². The van der Waals surface area contributed by atoms with Crippen molar-refractivity contribution in [3.05, 3.63) is 16.1 Å². The number of sulfonamides is 1. The van der Waals surface area contributed by atoms with Crippen LogP contribution in [0.3, 0.4) is 0 Å². The first-order valence-corrected chi connectivity index (χ1v) is 7.90. The Kier molecular flexibility index (Phi) is 3.70. The molecule has 9 heteroatoms. The van der Waals surface area contributed by atoms with Crippen molar-refractivity contribution in [1.82, 2.24) is 4.98 Å². The van der Waals surface area contributed by atoms with Gasteiger partial charge in [-0.2, -0.15) is 0 Å². The second-order valence-corrected chi connectivity index (χ2v) is 6.83. The normalized spacial score (nSPS) is 12.0. The van der Waals surface area contributed by atoms with Crippen LogP contribution in [0.2, 0.25) is 10.0 Å². The third kappa shape index (κ3) is 2.41. The van der Waals surface area contributed by atoms with E-state index < -0.39 is 10.0 Å². The Bertz CT molecular complexity index is 712. The van der Waals surface area contributed by atoms with Gasteiger partial charge in [0.2, 0.25) is 4.34 Å². The minimum Gasteiger partial charge on any atom is -0.491 e. The maximum Gasteiger partial charge on any atom is 0.265 e. The number of hydrogen-bond acceptors (Lipinski definition) is 5. The van der Waals surface area contributed by atoms with E-state index in [9.17, 15) is 8.42 Å². The second-order valence-electron chi connectivity index (χ2n) is 3.31. The van der Waals surface area contributed by atoms with Gasteiger partial charge in [-0.3, -0.25) is 0 Å². The molecule has 0 bridgehead atoms. The molecule has 1 aromatic carbocycles. The summed E-state index contributed by atoms with van der Waals surface area (Å²) in [6.45, 7) is 2.19. The monoisotopic (exact) mass is 326 g/mol. The predicted octanol–water partition coefficient (Wildman–Crippen LogP) is 2.65. The number of nitrogens with two attached hydrogens (primary N) is 1. The summed E-state index contributed by atoms with van der Waals surface area (Å²) < 4.78 is 28.0. The summed E-state index contributed by atoms with van der Waals surface area (Å²) >= 11 is 13.0. The molecule has 1 aromatic heterocycles. The number of benzene rings is 1. The van der Waals surface area contributed by atoms with Crippen LogP contribution in [0, 0.1) is 0 Å². The Morgan fingerprint density at radius 1 is 1.50 bits per heavy atom. The van der Waals surface area contributed by atoms with Crippen molar-refractivity contribution in [1.29, 1.82) is 0 Å². The number of fused-ring (bicyclic) bond motifs is 1. The van der Waals surface area contributed by atoms with Gasteiger partial charge in [-0.1, -0.05) is 34.5 Å². The molecule has 0 fully saturated rings. The van der Waals surface area contributed by atoms with Crippen LogP contribution in [0.25, 0.3) is 10.2 Å². The van der Waals surface area contributed by atoms with Crippen molar-refractivity contribution in [2.24, 2.45) is 5.14 Å². The summed E-state index contributed by atoms with van der Waals surface area (Å²) in [6.07, 6.45) is 0. The average molecular weight is 327 g/mol. The first kappa shape index (κ1) is 13.8. The van der Waals surface area contributed by atoms with Crippen molar-refractivity contribution in [2.75, 3.05) is 6.61 Å². The highest BCUT2D eigenvalue weighted by Crippen LogP contribution is 2.42. The molecule has 0 saturated heterocycles. The largest absolute Gasteiger partial charge is 0.491 e. The van der Waals surface area contributed by atoms with Gasteiger partial charge >= 0.3 is 0 Å². The van der Waals surface area contributed by atoms with Crippen LogP contribution in [0.4, 0.5) is 0 Å². The van der Waals surface area contributed by atoms with E-state index in [2.05, 4.69) is 4.98 Å². The lowest BCUT2D eigenvalue weighted by Crippen LogP contribution is -2.11. The van der Waals surface area contributed by atoms with Gasteiger partial charge in [-0.05, 0) is 13.0 Å². The highest BCUT2D eigenvalue weighted by atomic mass is 35.5. The summed E-state index contributed by atoms with van der Waals surface area (Å²) in [6, 6.07) is 1.50. The molecule has 0 spiro atoms. The quantitative estimate of drug-likeness (QED) is 0.939. The van der Waals surface area contributed by atoms with Crippen molar-refractivity contribution in [3.63, 3.8) is 0 Å². The molecule has 5 nitrogen and oxygen atoms in total. The maximum absolute atomic E-state index is 11.2. The first-order valence-electron chi connectivity index (χ1n) is 4.78. The Hall–Kier alpha value is -0.600. The lowest BCUT2D eigenvalue weighted by molar-refractivity contribution is 0.341. The molecular weight excluding hydrogens is 319 g/mol. The summed E-state index contributed by atoms with van der Waals surface area (Å²) in [7, 11) is -3.85. The maximum atomic E-state index is 11.2. The van der Waals surface area contributed by atoms with Crippen molar-refractivity contribution < 1.29 is 13.2 Å². The molecule has 0 aliphatic rings. The average Bonchev–Trinajstić information content (AvgIpc) is 2.67. The molecule has 2 aromatic rings. The summed E-state index contributed by atoms with van der Waals surface area (Å²) in [5, 5.41) is 5.54. The number of hydrogen-bond donors (Lipinski definition) is 1. The first-order chi connectivity index (χ1) is 8.34. The van der Waals surface area contributed by atoms with Crippen LogP contribution in [-0.4, -0.2) is 20.0 Å². The number of primary sulfonamides is 1. The topological polar surface area (TPSA) is 82.3 Å². The highest BCUT2D eigenvalue weighted by Gasteiger charge is 2.20. The van der Waals surface area contributed by atoms with E-state index in [1.807, 2.05) is 0 Å². The van der Waals surface area contributed by atoms with Crippen LogP contribution in [0.5, 0.6) is 5.75 Å². The molecule has 0 radical (unpaired) electrons. The summed E-state index contributed by atoms with van der Waals surface area (Å²) in [5.41, 5.74) is 0.377. The van der Waals surface area contributed by atoms with Gasteiger partial charge in [-0.15, -0.1) is 0 Å². The SMILES string of the molecule is CCOc1c(Cl)cc2nc(S(N)(=O)=O)sc2c1Cl. The molecule has 1 heterocycles. The standard InChI is InChI=1S/C9H8Cl2N2O3S2/c1-2-16-7-4(10)3-5-8(6(7)11)17-9(13-5)18(12,14)15/h3H,2H2,1H3,(H2,12,14,15). The van der Waals surface area contributed by atoms with E-state index in [0.29, 0.717) is 22.6 Å². The van der Waals surface area contributed by atoms with Gasteiger partial charge < -0.3 is 4.74 Å². The number of ether oxygens (including phenoxy) is 1. The molecule has 2 rings (SSSR count). The number of nitrogens with zero attached hydrogens (tertiary/aromatic N) is 1. The fraction of sp³-hybridized carbons (Fsp3) is 0.222. The van der Waals surface area contributed by atoms with Crippen molar-refractivity contribution in [2.45, 2.75) is 11.3 Å². The van der Waals surface area contributed by atoms with Crippen LogP contribution in [0.1, 0.15) is 6.92 Å². The van der Waals surface area contributed by atoms with Gasteiger partial charge in [0.05, 0.1) is 21.8 Å². The Morgan fingerprint density at radius 2 is 2.17 bits per heavy atom. The van der Waals surface area contributed by atoms with Gasteiger partial charge in [0.25, 0.3) is 10.0 Å². The van der Waals surface area contributed by atoms with E-state index >= 15 is 0 Å². The third-order valence-electron chi connectivity index (χ3n) is 2.04. The molecule has 0 saturated carbocycles. The van der Waals surface area contributed by atoms with Crippen LogP contribution < -0.4 is 9.88 Å². The molecule has 0 aliphatic carbocycles. The fourth-order valence-electron chi connectivity index (χ4n) is 1.36. The van der Waals surface area contributed by atoms with Gasteiger partial charge in [0, 0.05) is 0 Å². The molecular formula is C9H8Cl2N2O3S2. The van der Waals surface area contributed by atoms with Crippen molar-refractivity contribution >= 4 is 54.8 Å². The number of rotatable bonds is 3. The highest BCUT2D eigenvalue weighted by molar-refractivity contribution is 7.91. The van der Waals surface area contributed by atoms with Crippen molar-refractivity contribution in [3.8, 4) is 5.75 Å². The fourth-order valence-corrected chi connectivity index (χ4v) is 3.68. The summed E-state index contributed by atoms with van der Waals surface area (Å²) in [4.78, 5) is 3.89. The molecule has 0 amide bonds. The Labute approximate surface area is 118 Å². The lowest BCUT2D eigenvalue weighted by atomic mass is 10.3. The number of aromatic nitrogens is 1. The molecule has 98 valence electrons. The molecule has 0 unspecified atom stereocenters. The van der Waals surface area contributed by atoms with Crippen LogP contribution in [0.15, 0.2) is 10.4 Å². The van der Waals surface area contributed by atoms with E-state index in [1.165, 1.54) is 6.07 Å². The Morgan fingerprint density at radius 3 is 2.72 bits per heavy atom. The van der Waals surface area contributed by atoms with Crippen LogP contribution >= 0.6 is 34.5 Å². The molecule has 0 atom stereocenters. The predicted molar refractivity (Wildman–Crippen MR) is 72.2 cm³/mol. The molecule has 0 aliphatic heterocycles. The minimum absolute atomic E-state index is 0.205. The zero-order chi connectivity index (χ0) is 13.5. The second kappa shape index (κ2) is 4.82. The zero-order valence-electron chi connectivity index (χ0n) is 9.11. The smallest absolute Gasteiger partial charge is 0.265 e. The van der Waals surface area contributed by atoms with E-state index in [-0.39, 0.29) is 14.4 Å². The number of halogens is 2. The third-order valence-corrected chi connectivity index (χ3v) is 5.21. The minimum atomic E-state index is -3.85. The molecule has 18 heavy (non-hydrogen) atoms. The van der Waals surface area contributed by atoms with Crippen LogP contribution in [-0.2, 0) is 10.0 Å². The van der Waals surface area contributed by atoms with E-state index in [0.717, 1.165) is 11.3 Å². The zero-order valence-corrected chi connectivity index (χ0v) is 12.3. The number of thiazole rings is 1.